The van der Waals surface area contributed by atoms with Gasteiger partial charge in [0.05, 0.1) is 5.69 Å². The van der Waals surface area contributed by atoms with Crippen molar-refractivity contribution in [1.82, 2.24) is 10.2 Å². The molecular formula is C18H26ClN3O2S. The van der Waals surface area contributed by atoms with Crippen molar-refractivity contribution in [2.75, 3.05) is 18.6 Å². The molecule has 1 aromatic rings. The lowest BCUT2D eigenvalue weighted by Crippen LogP contribution is -2.48. The summed E-state index contributed by atoms with van der Waals surface area (Å²) < 4.78 is 0. The molecule has 0 saturated carbocycles. The van der Waals surface area contributed by atoms with Gasteiger partial charge in [0.25, 0.3) is 5.91 Å². The molecule has 3 rings (SSSR count). The Labute approximate surface area is 159 Å². The summed E-state index contributed by atoms with van der Waals surface area (Å²) in [5, 5.41) is 6.43. The number of nitrogens with zero attached hydrogens (tertiary/aromatic N) is 1. The number of amides is 2. The first-order valence-corrected chi connectivity index (χ1v) is 9.69. The molecule has 0 spiro atoms. The van der Waals surface area contributed by atoms with Gasteiger partial charge in [0.1, 0.15) is 0 Å². The second-order valence-electron chi connectivity index (χ2n) is 6.78. The molecule has 2 aliphatic rings. The Morgan fingerprint density at radius 2 is 1.88 bits per heavy atom. The summed E-state index contributed by atoms with van der Waals surface area (Å²) in [4.78, 5) is 27.0. The van der Waals surface area contributed by atoms with E-state index in [9.17, 15) is 9.59 Å². The summed E-state index contributed by atoms with van der Waals surface area (Å²) in [5.41, 5.74) is 1.44. The summed E-state index contributed by atoms with van der Waals surface area (Å²) in [6.45, 7) is 1.49. The highest BCUT2D eigenvalue weighted by atomic mass is 35.5. The number of rotatable bonds is 4. The molecule has 2 amide bonds. The zero-order chi connectivity index (χ0) is 17.3. The summed E-state index contributed by atoms with van der Waals surface area (Å²) in [6, 6.07) is 6.94. The van der Waals surface area contributed by atoms with Gasteiger partial charge in [0, 0.05) is 42.6 Å². The van der Waals surface area contributed by atoms with Gasteiger partial charge in [-0.1, -0.05) is 0 Å². The maximum atomic E-state index is 12.9. The molecule has 2 aliphatic heterocycles. The third-order valence-corrected chi connectivity index (χ3v) is 5.85. The molecule has 0 radical (unpaired) electrons. The van der Waals surface area contributed by atoms with Crippen LogP contribution in [-0.4, -0.2) is 48.1 Å². The molecule has 2 atom stereocenters. The predicted molar refractivity (Wildman–Crippen MR) is 105 cm³/mol. The number of thioether (sulfide) groups is 1. The van der Waals surface area contributed by atoms with Crippen molar-refractivity contribution >= 4 is 41.7 Å². The molecular weight excluding hydrogens is 358 g/mol. The van der Waals surface area contributed by atoms with Crippen LogP contribution in [0.2, 0.25) is 0 Å². The number of carbonyl (C=O) groups excluding carboxylic acids is 2. The largest absolute Gasteiger partial charge is 0.339 e. The fourth-order valence-corrected chi connectivity index (χ4v) is 4.41. The van der Waals surface area contributed by atoms with E-state index in [1.165, 1.54) is 31.5 Å². The van der Waals surface area contributed by atoms with Crippen LogP contribution in [0, 0.1) is 0 Å². The van der Waals surface area contributed by atoms with E-state index in [0.717, 1.165) is 23.4 Å². The van der Waals surface area contributed by atoms with Gasteiger partial charge >= 0.3 is 0 Å². The van der Waals surface area contributed by atoms with Crippen molar-refractivity contribution in [3.05, 3.63) is 23.8 Å². The molecule has 5 nitrogen and oxygen atoms in total. The molecule has 2 unspecified atom stereocenters. The topological polar surface area (TPSA) is 61.4 Å². The van der Waals surface area contributed by atoms with Crippen molar-refractivity contribution < 1.29 is 9.59 Å². The molecule has 0 aromatic heterocycles. The molecule has 2 N–H and O–H groups in total. The van der Waals surface area contributed by atoms with E-state index < -0.39 is 0 Å². The molecule has 25 heavy (non-hydrogen) atoms. The number of nitrogens with one attached hydrogen (secondary N) is 2. The molecule has 2 saturated heterocycles. The van der Waals surface area contributed by atoms with Gasteiger partial charge in [-0.3, -0.25) is 9.59 Å². The molecule has 2 fully saturated rings. The van der Waals surface area contributed by atoms with Crippen molar-refractivity contribution in [1.29, 1.82) is 0 Å². The van der Waals surface area contributed by atoms with Crippen LogP contribution in [0.1, 0.15) is 43.0 Å². The Morgan fingerprint density at radius 1 is 1.24 bits per heavy atom. The smallest absolute Gasteiger partial charge is 0.253 e. The number of benzene rings is 1. The van der Waals surface area contributed by atoms with E-state index in [4.69, 9.17) is 0 Å². The van der Waals surface area contributed by atoms with Gasteiger partial charge < -0.3 is 15.5 Å². The van der Waals surface area contributed by atoms with Gasteiger partial charge in [0.15, 0.2) is 0 Å². The van der Waals surface area contributed by atoms with E-state index in [-0.39, 0.29) is 24.2 Å². The Kier molecular flexibility index (Phi) is 6.77. The molecule has 2 heterocycles. The lowest BCUT2D eigenvalue weighted by atomic mass is 9.98. The average molecular weight is 384 g/mol. The van der Waals surface area contributed by atoms with Crippen LogP contribution in [0.15, 0.2) is 23.1 Å². The minimum absolute atomic E-state index is 0. The number of fused-ring (bicyclic) bond motifs is 2. The quantitative estimate of drug-likeness (QED) is 0.784. The fraction of sp³-hybridized carbons (Fsp3) is 0.556. The highest BCUT2D eigenvalue weighted by molar-refractivity contribution is 7.98. The van der Waals surface area contributed by atoms with Crippen LogP contribution < -0.4 is 10.6 Å². The third kappa shape index (κ3) is 4.49. The first-order valence-electron chi connectivity index (χ1n) is 8.46. The van der Waals surface area contributed by atoms with Crippen LogP contribution in [-0.2, 0) is 4.79 Å². The first-order chi connectivity index (χ1) is 11.5. The second kappa shape index (κ2) is 8.43. The van der Waals surface area contributed by atoms with Crippen LogP contribution in [0.5, 0.6) is 0 Å². The average Bonchev–Trinajstić information content (AvgIpc) is 2.91. The van der Waals surface area contributed by atoms with Crippen molar-refractivity contribution in [3.8, 4) is 0 Å². The van der Waals surface area contributed by atoms with E-state index in [0.29, 0.717) is 23.7 Å². The highest BCUT2D eigenvalue weighted by Crippen LogP contribution is 2.31. The molecule has 1 aromatic carbocycles. The summed E-state index contributed by atoms with van der Waals surface area (Å²) >= 11 is 1.53. The Balaban J connectivity index is 0.00000225. The van der Waals surface area contributed by atoms with Gasteiger partial charge in [-0.2, -0.15) is 0 Å². The number of hydrogen-bond acceptors (Lipinski definition) is 4. The molecule has 138 valence electrons. The SMILES string of the molecule is CSc1cc(C(=O)N(C)C2CC3CCC(C2)N3)ccc1NC(C)=O.Cl. The van der Waals surface area contributed by atoms with Gasteiger partial charge in [-0.25, -0.2) is 0 Å². The number of hydrogen-bond donors (Lipinski definition) is 2. The highest BCUT2D eigenvalue weighted by Gasteiger charge is 2.36. The van der Waals surface area contributed by atoms with Gasteiger partial charge in [0.2, 0.25) is 5.91 Å². The maximum absolute atomic E-state index is 12.9. The van der Waals surface area contributed by atoms with Crippen LogP contribution in [0.4, 0.5) is 5.69 Å². The summed E-state index contributed by atoms with van der Waals surface area (Å²) in [7, 11) is 1.91. The molecule has 7 heteroatoms. The standard InChI is InChI=1S/C18H25N3O2S.ClH/c1-11(22)19-16-7-4-12(8-17(16)24-3)18(23)21(2)15-9-13-5-6-14(10-15)20-13;/h4,7-8,13-15,20H,5-6,9-10H2,1-3H3,(H,19,22);1H. The van der Waals surface area contributed by atoms with E-state index in [1.807, 2.05) is 30.3 Å². The lowest BCUT2D eigenvalue weighted by Gasteiger charge is -2.35. The number of anilines is 1. The summed E-state index contributed by atoms with van der Waals surface area (Å²) in [5.74, 6) is -0.0438. The van der Waals surface area contributed by atoms with Crippen LogP contribution >= 0.6 is 24.2 Å². The minimum atomic E-state index is -0.105. The molecule has 2 bridgehead atoms. The van der Waals surface area contributed by atoms with E-state index in [2.05, 4.69) is 10.6 Å². The Bertz CT molecular complexity index is 643. The summed E-state index contributed by atoms with van der Waals surface area (Å²) in [6.07, 6.45) is 6.48. The number of piperidine rings is 1. The lowest BCUT2D eigenvalue weighted by molar-refractivity contribution is -0.114. The number of halogens is 1. The van der Waals surface area contributed by atoms with E-state index >= 15 is 0 Å². The van der Waals surface area contributed by atoms with Crippen molar-refractivity contribution in [2.24, 2.45) is 0 Å². The first kappa shape index (κ1) is 20.1. The fourth-order valence-electron chi connectivity index (χ4n) is 3.83. The normalized spacial score (nSPS) is 24.4. The third-order valence-electron chi connectivity index (χ3n) is 5.08. The monoisotopic (exact) mass is 383 g/mol. The van der Waals surface area contributed by atoms with Crippen LogP contribution in [0.25, 0.3) is 0 Å². The zero-order valence-electron chi connectivity index (χ0n) is 14.9. The maximum Gasteiger partial charge on any atom is 0.253 e. The molecule has 0 aliphatic carbocycles. The van der Waals surface area contributed by atoms with Gasteiger partial charge in [-0.05, 0) is 50.1 Å². The second-order valence-corrected chi connectivity index (χ2v) is 7.62. The van der Waals surface area contributed by atoms with E-state index in [1.54, 1.807) is 6.07 Å². The van der Waals surface area contributed by atoms with Crippen molar-refractivity contribution in [3.63, 3.8) is 0 Å². The zero-order valence-corrected chi connectivity index (χ0v) is 16.5. The Morgan fingerprint density at radius 3 is 2.44 bits per heavy atom. The predicted octanol–water partition coefficient (Wildman–Crippen LogP) is 3.14. The van der Waals surface area contributed by atoms with Gasteiger partial charge in [-0.15, -0.1) is 24.2 Å². The van der Waals surface area contributed by atoms with Crippen molar-refractivity contribution in [2.45, 2.75) is 55.6 Å². The Hall–Kier alpha value is -1.24. The van der Waals surface area contributed by atoms with Crippen LogP contribution in [0.3, 0.4) is 0 Å². The minimum Gasteiger partial charge on any atom is -0.339 e. The number of carbonyl (C=O) groups is 2.